The zero-order valence-corrected chi connectivity index (χ0v) is 18.1. The number of nitrogens with zero attached hydrogens (tertiary/aromatic N) is 2. The van der Waals surface area contributed by atoms with Gasteiger partial charge in [0.2, 0.25) is 0 Å². The van der Waals surface area contributed by atoms with Gasteiger partial charge in [-0.25, -0.2) is 9.49 Å². The molecule has 0 saturated carbocycles. The third-order valence-corrected chi connectivity index (χ3v) is 6.30. The first-order valence-electron chi connectivity index (χ1n) is 11.4. The number of rotatable bonds is 6. The molecule has 0 spiro atoms. The summed E-state index contributed by atoms with van der Waals surface area (Å²) in [5, 5.41) is 6.87. The van der Waals surface area contributed by atoms with E-state index < -0.39 is 5.82 Å². The van der Waals surface area contributed by atoms with Gasteiger partial charge in [0.25, 0.3) is 11.5 Å². The molecule has 0 radical (unpaired) electrons. The Morgan fingerprint density at radius 3 is 2.71 bits per heavy atom. The lowest BCUT2D eigenvalue weighted by Crippen LogP contribution is -2.41. The molecule has 0 bridgehead atoms. The van der Waals surface area contributed by atoms with Gasteiger partial charge in [0.1, 0.15) is 5.82 Å². The number of piperidine rings is 1. The zero-order chi connectivity index (χ0) is 21.8. The van der Waals surface area contributed by atoms with Crippen LogP contribution in [-0.4, -0.2) is 46.8 Å². The van der Waals surface area contributed by atoms with Crippen molar-refractivity contribution < 1.29 is 13.9 Å². The zero-order valence-electron chi connectivity index (χ0n) is 18.1. The molecule has 1 fully saturated rings. The van der Waals surface area contributed by atoms with Crippen LogP contribution in [0.5, 0.6) is 0 Å². The van der Waals surface area contributed by atoms with Crippen LogP contribution in [0.15, 0.2) is 23.0 Å². The molecule has 2 heterocycles. The van der Waals surface area contributed by atoms with Gasteiger partial charge < -0.3 is 9.64 Å². The van der Waals surface area contributed by atoms with Gasteiger partial charge in [-0.3, -0.25) is 9.59 Å². The van der Waals surface area contributed by atoms with E-state index in [4.69, 9.17) is 4.74 Å². The van der Waals surface area contributed by atoms with Gasteiger partial charge in [-0.15, -0.1) is 0 Å². The molecule has 0 atom stereocenters. The lowest BCUT2D eigenvalue weighted by molar-refractivity contribution is 0.00889. The quantitative estimate of drug-likeness (QED) is 0.767. The summed E-state index contributed by atoms with van der Waals surface area (Å²) < 4.78 is 20.3. The Morgan fingerprint density at radius 2 is 1.97 bits per heavy atom. The molecule has 1 saturated heterocycles. The molecule has 1 aromatic carbocycles. The number of hydrogen-bond acceptors (Lipinski definition) is 4. The fourth-order valence-electron chi connectivity index (χ4n) is 4.59. The van der Waals surface area contributed by atoms with Crippen molar-refractivity contribution in [1.29, 1.82) is 0 Å². The molecular weight excluding hydrogens is 397 g/mol. The van der Waals surface area contributed by atoms with Crippen LogP contribution in [0.1, 0.15) is 71.8 Å². The number of nitrogens with one attached hydrogen (secondary N) is 1. The van der Waals surface area contributed by atoms with E-state index in [9.17, 15) is 14.0 Å². The fourth-order valence-corrected chi connectivity index (χ4v) is 4.59. The van der Waals surface area contributed by atoms with Crippen LogP contribution in [0.3, 0.4) is 0 Å². The van der Waals surface area contributed by atoms with Gasteiger partial charge >= 0.3 is 0 Å². The highest BCUT2D eigenvalue weighted by atomic mass is 19.1. The predicted octanol–water partition coefficient (Wildman–Crippen LogP) is 3.41. The Balaban J connectivity index is 1.49. The minimum Gasteiger partial charge on any atom is -0.378 e. The molecule has 166 valence electrons. The van der Waals surface area contributed by atoms with Crippen LogP contribution >= 0.6 is 0 Å². The minimum absolute atomic E-state index is 0.101. The van der Waals surface area contributed by atoms with Gasteiger partial charge in [-0.1, -0.05) is 13.0 Å². The van der Waals surface area contributed by atoms with Gasteiger partial charge in [-0.05, 0) is 68.2 Å². The van der Waals surface area contributed by atoms with E-state index in [1.165, 1.54) is 6.07 Å². The summed E-state index contributed by atoms with van der Waals surface area (Å²) in [6, 6.07) is 4.69. The summed E-state index contributed by atoms with van der Waals surface area (Å²) in [5.74, 6) is -0.778. The average molecular weight is 428 g/mol. The van der Waals surface area contributed by atoms with E-state index in [-0.39, 0.29) is 23.1 Å². The first-order valence-corrected chi connectivity index (χ1v) is 11.4. The second-order valence-corrected chi connectivity index (χ2v) is 8.52. The Kier molecular flexibility index (Phi) is 6.80. The summed E-state index contributed by atoms with van der Waals surface area (Å²) in [6.07, 6.45) is 6.83. The van der Waals surface area contributed by atoms with Gasteiger partial charge in [-0.2, -0.15) is 5.10 Å². The predicted molar refractivity (Wildman–Crippen MR) is 116 cm³/mol. The standard InChI is InChI=1S/C24H30FN3O3/c1-2-13-31-17-9-11-28(12-10-17)24(30)20-14-16(7-8-21(20)25)15-22-18-5-3-4-6-19(18)23(29)27-26-22/h7-8,14,17H,2-6,9-13,15H2,1H3,(H,27,29). The maximum absolute atomic E-state index is 14.5. The molecule has 1 N–H and O–H groups in total. The van der Waals surface area contributed by atoms with Crippen LogP contribution in [0.2, 0.25) is 0 Å². The van der Waals surface area contributed by atoms with E-state index in [0.717, 1.165) is 73.9 Å². The SMILES string of the molecule is CCCOC1CCN(C(=O)c2cc(Cc3n[nH]c(=O)c4c3CCCC4)ccc2F)CC1. The number of carbonyl (C=O) groups excluding carboxylic acids is 1. The number of aromatic nitrogens is 2. The third kappa shape index (κ3) is 4.87. The monoisotopic (exact) mass is 427 g/mol. The number of aromatic amines is 1. The number of ether oxygens (including phenoxy) is 1. The number of hydrogen-bond donors (Lipinski definition) is 1. The topological polar surface area (TPSA) is 75.3 Å². The molecule has 0 unspecified atom stereocenters. The van der Waals surface area contributed by atoms with Crippen molar-refractivity contribution in [3.05, 3.63) is 62.3 Å². The highest BCUT2D eigenvalue weighted by Gasteiger charge is 2.26. The summed E-state index contributed by atoms with van der Waals surface area (Å²) in [5.41, 5.74) is 3.46. The van der Waals surface area contributed by atoms with Crippen LogP contribution in [0.25, 0.3) is 0 Å². The molecule has 6 nitrogen and oxygen atoms in total. The Bertz CT molecular complexity index is 996. The number of benzene rings is 1. The van der Waals surface area contributed by atoms with Gasteiger partial charge in [0.05, 0.1) is 17.4 Å². The molecule has 2 aromatic rings. The molecule has 7 heteroatoms. The maximum atomic E-state index is 14.5. The third-order valence-electron chi connectivity index (χ3n) is 6.30. The lowest BCUT2D eigenvalue weighted by Gasteiger charge is -2.32. The summed E-state index contributed by atoms with van der Waals surface area (Å²) in [7, 11) is 0. The van der Waals surface area contributed by atoms with E-state index in [2.05, 4.69) is 17.1 Å². The largest absolute Gasteiger partial charge is 0.378 e. The molecule has 1 aliphatic heterocycles. The first kappa shape index (κ1) is 21.7. The van der Waals surface area contributed by atoms with Crippen molar-refractivity contribution in [2.24, 2.45) is 0 Å². The molecule has 2 aliphatic rings. The fraction of sp³-hybridized carbons (Fsp3) is 0.542. The van der Waals surface area contributed by atoms with Crippen molar-refractivity contribution in [3.63, 3.8) is 0 Å². The smallest absolute Gasteiger partial charge is 0.267 e. The van der Waals surface area contributed by atoms with Gasteiger partial charge in [0, 0.05) is 31.7 Å². The summed E-state index contributed by atoms with van der Waals surface area (Å²) in [4.78, 5) is 26.8. The average Bonchev–Trinajstić information content (AvgIpc) is 2.81. The lowest BCUT2D eigenvalue weighted by atomic mass is 9.90. The highest BCUT2D eigenvalue weighted by Crippen LogP contribution is 2.24. The number of halogens is 1. The van der Waals surface area contributed by atoms with Crippen molar-refractivity contribution in [2.75, 3.05) is 19.7 Å². The molecule has 4 rings (SSSR count). The number of likely N-dealkylation sites (tertiary alicyclic amines) is 1. The number of carbonyl (C=O) groups is 1. The van der Waals surface area contributed by atoms with Crippen LogP contribution in [0, 0.1) is 5.82 Å². The van der Waals surface area contributed by atoms with E-state index in [1.807, 2.05) is 0 Å². The number of amides is 1. The van der Waals surface area contributed by atoms with E-state index in [1.54, 1.807) is 17.0 Å². The Morgan fingerprint density at radius 1 is 1.23 bits per heavy atom. The maximum Gasteiger partial charge on any atom is 0.267 e. The number of H-pyrrole nitrogens is 1. The van der Waals surface area contributed by atoms with Crippen LogP contribution in [0.4, 0.5) is 4.39 Å². The molecule has 1 aliphatic carbocycles. The van der Waals surface area contributed by atoms with E-state index >= 15 is 0 Å². The molecule has 1 amide bonds. The second kappa shape index (κ2) is 9.73. The van der Waals surface area contributed by atoms with E-state index in [0.29, 0.717) is 19.5 Å². The van der Waals surface area contributed by atoms with Crippen molar-refractivity contribution in [1.82, 2.24) is 15.1 Å². The van der Waals surface area contributed by atoms with Crippen molar-refractivity contribution in [3.8, 4) is 0 Å². The van der Waals surface area contributed by atoms with Crippen molar-refractivity contribution >= 4 is 5.91 Å². The number of fused-ring (bicyclic) bond motifs is 1. The summed E-state index contributed by atoms with van der Waals surface area (Å²) >= 11 is 0. The molecule has 31 heavy (non-hydrogen) atoms. The first-order chi connectivity index (χ1) is 15.1. The van der Waals surface area contributed by atoms with Crippen LogP contribution < -0.4 is 5.56 Å². The van der Waals surface area contributed by atoms with Crippen LogP contribution in [-0.2, 0) is 24.0 Å². The Labute approximate surface area is 181 Å². The Hall–Kier alpha value is -2.54. The molecule has 1 aromatic heterocycles. The van der Waals surface area contributed by atoms with Crippen molar-refractivity contribution in [2.45, 2.75) is 64.4 Å². The highest BCUT2D eigenvalue weighted by molar-refractivity contribution is 5.94. The normalized spacial score (nSPS) is 16.9. The molecular formula is C24H30FN3O3. The summed E-state index contributed by atoms with van der Waals surface area (Å²) in [6.45, 7) is 3.96. The second-order valence-electron chi connectivity index (χ2n) is 8.52. The minimum atomic E-state index is -0.505. The van der Waals surface area contributed by atoms with Gasteiger partial charge in [0.15, 0.2) is 0 Å².